The third-order valence-electron chi connectivity index (χ3n) is 8.43. The molecule has 2 aromatic carbocycles. The number of hydrogen-bond donors (Lipinski definition) is 4. The van der Waals surface area contributed by atoms with Crippen LogP contribution in [0.2, 0.25) is 0 Å². The number of nitrogens with zero attached hydrogens (tertiary/aromatic N) is 3. The van der Waals surface area contributed by atoms with Gasteiger partial charge in [0, 0.05) is 31.3 Å². The lowest BCUT2D eigenvalue weighted by Crippen LogP contribution is -2.29. The van der Waals surface area contributed by atoms with Gasteiger partial charge in [-0.15, -0.1) is 0 Å². The first-order chi connectivity index (χ1) is 21.1. The van der Waals surface area contributed by atoms with E-state index < -0.39 is 0 Å². The molecule has 1 amide bonds. The molecule has 43 heavy (non-hydrogen) atoms. The van der Waals surface area contributed by atoms with Crippen molar-refractivity contribution in [2.24, 2.45) is 5.92 Å². The van der Waals surface area contributed by atoms with Crippen LogP contribution in [0.25, 0.3) is 22.3 Å². The summed E-state index contributed by atoms with van der Waals surface area (Å²) in [5, 5.41) is 13.1. The number of anilines is 1. The van der Waals surface area contributed by atoms with E-state index in [9.17, 15) is 4.79 Å². The maximum Gasteiger partial charge on any atom is 0.243 e. The van der Waals surface area contributed by atoms with Gasteiger partial charge in [0.15, 0.2) is 0 Å². The van der Waals surface area contributed by atoms with Gasteiger partial charge in [0.25, 0.3) is 0 Å². The van der Waals surface area contributed by atoms with Crippen molar-refractivity contribution in [2.75, 3.05) is 38.2 Å². The minimum Gasteiger partial charge on any atom is -0.380 e. The van der Waals surface area contributed by atoms with Crippen LogP contribution in [0, 0.1) is 5.92 Å². The molecular formula is C34H44N6O3. The van der Waals surface area contributed by atoms with Crippen LogP contribution in [0.5, 0.6) is 0 Å². The number of unbranched alkanes of at least 4 members (excludes halogenated alkanes) is 1. The van der Waals surface area contributed by atoms with E-state index in [1.54, 1.807) is 11.8 Å². The summed E-state index contributed by atoms with van der Waals surface area (Å²) in [5.74, 6) is 1.19. The van der Waals surface area contributed by atoms with Gasteiger partial charge >= 0.3 is 0 Å². The number of hydrogen-bond acceptors (Lipinski definition) is 7. The Morgan fingerprint density at radius 2 is 1.91 bits per heavy atom. The van der Waals surface area contributed by atoms with E-state index in [1.807, 2.05) is 6.07 Å². The number of H-pyrrole nitrogens is 1. The van der Waals surface area contributed by atoms with Crippen molar-refractivity contribution in [3.63, 3.8) is 0 Å². The molecule has 3 heterocycles. The molecule has 0 spiro atoms. The molecular weight excluding hydrogens is 540 g/mol. The number of amides is 1. The van der Waals surface area contributed by atoms with E-state index >= 15 is 0 Å². The van der Waals surface area contributed by atoms with Crippen LogP contribution < -0.4 is 10.8 Å². The lowest BCUT2D eigenvalue weighted by atomic mass is 9.92. The Kier molecular flexibility index (Phi) is 11.1. The lowest BCUT2D eigenvalue weighted by Gasteiger charge is -2.20. The van der Waals surface area contributed by atoms with Gasteiger partial charge in [0.2, 0.25) is 5.91 Å². The smallest absolute Gasteiger partial charge is 0.243 e. The van der Waals surface area contributed by atoms with Crippen LogP contribution in [-0.2, 0) is 16.0 Å². The average molecular weight is 585 g/mol. The molecule has 1 aliphatic rings. The number of carbonyl (C=O) groups is 1. The van der Waals surface area contributed by atoms with Gasteiger partial charge in [-0.05, 0) is 87.2 Å². The largest absolute Gasteiger partial charge is 0.380 e. The summed E-state index contributed by atoms with van der Waals surface area (Å²) in [7, 11) is 0. The molecule has 1 aliphatic heterocycles. The average Bonchev–Trinajstić information content (AvgIpc) is 3.36. The monoisotopic (exact) mass is 584 g/mol. The van der Waals surface area contributed by atoms with Gasteiger partial charge in [0.1, 0.15) is 17.8 Å². The third kappa shape index (κ3) is 8.86. The molecule has 1 fully saturated rings. The Hall–Kier alpha value is -3.79. The highest BCUT2D eigenvalue weighted by atomic mass is 16.5. The van der Waals surface area contributed by atoms with Crippen molar-refractivity contribution in [2.45, 2.75) is 57.9 Å². The van der Waals surface area contributed by atoms with Crippen molar-refractivity contribution >= 4 is 22.8 Å². The molecule has 0 bridgehead atoms. The maximum atomic E-state index is 11.0. The summed E-state index contributed by atoms with van der Waals surface area (Å²) in [6.07, 6.45) is 8.28. The zero-order chi connectivity index (χ0) is 29.9. The Morgan fingerprint density at radius 3 is 2.72 bits per heavy atom. The zero-order valence-electron chi connectivity index (χ0n) is 25.1. The molecule has 1 saturated heterocycles. The van der Waals surface area contributed by atoms with Crippen LogP contribution in [0.1, 0.15) is 62.6 Å². The number of likely N-dealkylation sites (tertiary alicyclic amines) is 1. The Bertz CT molecular complexity index is 1430. The second-order valence-electron chi connectivity index (χ2n) is 11.6. The van der Waals surface area contributed by atoms with E-state index in [0.29, 0.717) is 18.9 Å². The van der Waals surface area contributed by atoms with Gasteiger partial charge in [-0.25, -0.2) is 15.4 Å². The molecule has 4 aromatic rings. The van der Waals surface area contributed by atoms with Crippen LogP contribution in [0.3, 0.4) is 0 Å². The topological polar surface area (TPSA) is 115 Å². The molecule has 4 N–H and O–H groups in total. The maximum absolute atomic E-state index is 11.0. The number of hydroxylamine groups is 1. The molecule has 0 aliphatic carbocycles. The standard InChI is InChI=1S/C34H44N6O3/c1-25(28-9-3-2-4-10-28)37-33-30-23-31(38-34(30)36-24-35-33)29-14-12-27(13-15-29)22-26-8-7-17-40(18-16-26)19-21-43-20-6-5-11-32(41)39-42/h2-4,9-10,12-15,23-26,42H,5-8,11,16-22H2,1H3,(H,39,41)(H2,35,36,37,38)/t25-,26?/m1/s1. The normalized spacial score (nSPS) is 16.6. The minimum atomic E-state index is -0.337. The van der Waals surface area contributed by atoms with Crippen molar-refractivity contribution in [3.05, 3.63) is 78.1 Å². The zero-order valence-corrected chi connectivity index (χ0v) is 25.1. The number of benzene rings is 2. The highest BCUT2D eigenvalue weighted by Crippen LogP contribution is 2.30. The highest BCUT2D eigenvalue weighted by Gasteiger charge is 2.18. The fourth-order valence-corrected chi connectivity index (χ4v) is 5.89. The number of nitrogens with one attached hydrogen (secondary N) is 3. The van der Waals surface area contributed by atoms with Crippen molar-refractivity contribution in [3.8, 4) is 11.3 Å². The highest BCUT2D eigenvalue weighted by molar-refractivity contribution is 5.91. The van der Waals surface area contributed by atoms with Gasteiger partial charge in [-0.2, -0.15) is 0 Å². The molecule has 228 valence electrons. The quantitative estimate of drug-likeness (QED) is 0.0800. The number of aromatic amines is 1. The summed E-state index contributed by atoms with van der Waals surface area (Å²) < 4.78 is 5.77. The Labute approximate surface area is 254 Å². The van der Waals surface area contributed by atoms with Crippen molar-refractivity contribution < 1.29 is 14.7 Å². The summed E-state index contributed by atoms with van der Waals surface area (Å²) in [5.41, 5.74) is 7.28. The number of aromatic nitrogens is 3. The predicted octanol–water partition coefficient (Wildman–Crippen LogP) is 6.13. The minimum absolute atomic E-state index is 0.131. The van der Waals surface area contributed by atoms with Crippen LogP contribution in [0.15, 0.2) is 67.0 Å². The summed E-state index contributed by atoms with van der Waals surface area (Å²) in [6.45, 7) is 6.71. The van der Waals surface area contributed by atoms with E-state index in [1.165, 1.54) is 30.4 Å². The summed E-state index contributed by atoms with van der Waals surface area (Å²) in [4.78, 5) is 26.1. The number of ether oxygens (including phenoxy) is 1. The summed E-state index contributed by atoms with van der Waals surface area (Å²) in [6, 6.07) is 21.6. The van der Waals surface area contributed by atoms with E-state index in [0.717, 1.165) is 73.6 Å². The van der Waals surface area contributed by atoms with E-state index in [4.69, 9.17) is 9.94 Å². The number of carbonyl (C=O) groups excluding carboxylic acids is 1. The van der Waals surface area contributed by atoms with Crippen LogP contribution >= 0.6 is 0 Å². The van der Waals surface area contributed by atoms with E-state index in [-0.39, 0.29) is 11.9 Å². The SMILES string of the molecule is C[C@@H](Nc1ncnc2[nH]c(-c3ccc(CC4CCCN(CCOCCCCC(=O)NO)CC4)cc3)cc12)c1ccccc1. The molecule has 2 aromatic heterocycles. The first-order valence-corrected chi connectivity index (χ1v) is 15.6. The van der Waals surface area contributed by atoms with Gasteiger partial charge in [-0.3, -0.25) is 10.0 Å². The molecule has 2 atom stereocenters. The predicted molar refractivity (Wildman–Crippen MR) is 170 cm³/mol. The molecule has 1 unspecified atom stereocenters. The fourth-order valence-electron chi connectivity index (χ4n) is 5.89. The van der Waals surface area contributed by atoms with Gasteiger partial charge < -0.3 is 19.9 Å². The molecule has 0 radical (unpaired) electrons. The molecule has 9 nitrogen and oxygen atoms in total. The first kappa shape index (κ1) is 30.7. The van der Waals surface area contributed by atoms with E-state index in [2.05, 4.69) is 86.7 Å². The van der Waals surface area contributed by atoms with Crippen molar-refractivity contribution in [1.82, 2.24) is 25.3 Å². The first-order valence-electron chi connectivity index (χ1n) is 15.6. The third-order valence-corrected chi connectivity index (χ3v) is 8.43. The molecule has 9 heteroatoms. The molecule has 0 saturated carbocycles. The Balaban J connectivity index is 1.09. The second kappa shape index (κ2) is 15.6. The Morgan fingerprint density at radius 1 is 1.07 bits per heavy atom. The van der Waals surface area contributed by atoms with Crippen molar-refractivity contribution in [1.29, 1.82) is 0 Å². The summed E-state index contributed by atoms with van der Waals surface area (Å²) >= 11 is 0. The lowest BCUT2D eigenvalue weighted by molar-refractivity contribution is -0.129. The second-order valence-corrected chi connectivity index (χ2v) is 11.6. The fraction of sp³-hybridized carbons (Fsp3) is 0.441. The van der Waals surface area contributed by atoms with Crippen LogP contribution in [0.4, 0.5) is 5.82 Å². The number of fused-ring (bicyclic) bond motifs is 1. The van der Waals surface area contributed by atoms with Gasteiger partial charge in [-0.1, -0.05) is 54.6 Å². The van der Waals surface area contributed by atoms with Crippen LogP contribution in [-0.4, -0.2) is 63.8 Å². The van der Waals surface area contributed by atoms with Gasteiger partial charge in [0.05, 0.1) is 12.0 Å². The number of rotatable bonds is 14. The molecule has 5 rings (SSSR count).